The second-order valence-electron chi connectivity index (χ2n) is 3.76. The van der Waals surface area contributed by atoms with Crippen LogP contribution in [0.1, 0.15) is 12.5 Å². The maximum atomic E-state index is 11.4. The summed E-state index contributed by atoms with van der Waals surface area (Å²) in [6, 6.07) is 9.81. The van der Waals surface area contributed by atoms with Crippen LogP contribution in [0.2, 0.25) is 0 Å². The smallest absolute Gasteiger partial charge is 0.213 e. The van der Waals surface area contributed by atoms with E-state index in [1.54, 1.807) is 14.0 Å². The Balaban J connectivity index is 2.25. The monoisotopic (exact) mass is 257 g/mol. The first-order valence-corrected chi connectivity index (χ1v) is 7.23. The normalized spacial score (nSPS) is 11.9. The van der Waals surface area contributed by atoms with Gasteiger partial charge in [-0.25, -0.2) is 12.7 Å². The van der Waals surface area contributed by atoms with Crippen LogP contribution in [-0.4, -0.2) is 38.7 Å². The highest BCUT2D eigenvalue weighted by Crippen LogP contribution is 2.01. The van der Waals surface area contributed by atoms with Crippen molar-refractivity contribution in [3.05, 3.63) is 35.9 Å². The molecule has 1 aromatic rings. The minimum Gasteiger partial charge on any atom is -0.375 e. The van der Waals surface area contributed by atoms with E-state index < -0.39 is 10.0 Å². The van der Waals surface area contributed by atoms with Gasteiger partial charge < -0.3 is 4.74 Å². The Morgan fingerprint density at radius 3 is 2.47 bits per heavy atom. The van der Waals surface area contributed by atoms with Crippen molar-refractivity contribution in [2.24, 2.45) is 0 Å². The number of hydrogen-bond acceptors (Lipinski definition) is 3. The molecule has 0 heterocycles. The van der Waals surface area contributed by atoms with Gasteiger partial charge in [0.2, 0.25) is 10.0 Å². The second-order valence-corrected chi connectivity index (χ2v) is 6.12. The van der Waals surface area contributed by atoms with Crippen LogP contribution in [0.5, 0.6) is 0 Å². The molecule has 4 nitrogen and oxygen atoms in total. The van der Waals surface area contributed by atoms with E-state index >= 15 is 0 Å². The van der Waals surface area contributed by atoms with Crippen LogP contribution < -0.4 is 0 Å². The summed E-state index contributed by atoms with van der Waals surface area (Å²) in [7, 11) is -1.52. The molecule has 0 aliphatic carbocycles. The third-order valence-electron chi connectivity index (χ3n) is 2.50. The van der Waals surface area contributed by atoms with Crippen LogP contribution in [-0.2, 0) is 21.4 Å². The summed E-state index contributed by atoms with van der Waals surface area (Å²) < 4.78 is 29.6. The number of hydrogen-bond donors (Lipinski definition) is 0. The fraction of sp³-hybridized carbons (Fsp3) is 0.500. The molecule has 0 aromatic heterocycles. The van der Waals surface area contributed by atoms with Crippen LogP contribution in [0.15, 0.2) is 30.3 Å². The average Bonchev–Trinajstić information content (AvgIpc) is 2.35. The van der Waals surface area contributed by atoms with E-state index in [9.17, 15) is 8.42 Å². The Morgan fingerprint density at radius 2 is 1.88 bits per heavy atom. The van der Waals surface area contributed by atoms with E-state index in [0.717, 1.165) is 5.56 Å². The Bertz CT molecular complexity index is 417. The maximum Gasteiger partial charge on any atom is 0.213 e. The zero-order valence-corrected chi connectivity index (χ0v) is 11.1. The van der Waals surface area contributed by atoms with Crippen molar-refractivity contribution < 1.29 is 13.2 Å². The van der Waals surface area contributed by atoms with E-state index in [2.05, 4.69) is 0 Å². The molecule has 1 aromatic carbocycles. The maximum absolute atomic E-state index is 11.4. The van der Waals surface area contributed by atoms with Crippen molar-refractivity contribution in [1.29, 1.82) is 0 Å². The van der Waals surface area contributed by atoms with Gasteiger partial charge in [-0.3, -0.25) is 0 Å². The van der Waals surface area contributed by atoms with Crippen LogP contribution in [0, 0.1) is 0 Å². The highest BCUT2D eigenvalue weighted by Gasteiger charge is 2.13. The standard InChI is InChI=1S/C12H19NO3S/c1-3-17(14,15)13(2)9-10-16-11-12-7-5-4-6-8-12/h4-8H,3,9-11H2,1-2H3. The Kier molecular flexibility index (Phi) is 5.61. The molecule has 0 spiro atoms. The van der Waals surface area contributed by atoms with Gasteiger partial charge in [0.05, 0.1) is 19.0 Å². The summed E-state index contributed by atoms with van der Waals surface area (Å²) in [5.74, 6) is 0.127. The zero-order chi connectivity index (χ0) is 12.7. The third-order valence-corrected chi connectivity index (χ3v) is 4.36. The molecule has 0 radical (unpaired) electrons. The first-order chi connectivity index (χ1) is 8.06. The highest BCUT2D eigenvalue weighted by atomic mass is 32.2. The Hall–Kier alpha value is -0.910. The van der Waals surface area contributed by atoms with Gasteiger partial charge in [0.1, 0.15) is 0 Å². The van der Waals surface area contributed by atoms with Gasteiger partial charge in [-0.15, -0.1) is 0 Å². The summed E-state index contributed by atoms with van der Waals surface area (Å²) in [6.45, 7) is 2.95. The second kappa shape index (κ2) is 6.74. The molecule has 0 saturated heterocycles. The van der Waals surface area contributed by atoms with Gasteiger partial charge in [-0.1, -0.05) is 30.3 Å². The molecule has 5 heteroatoms. The topological polar surface area (TPSA) is 46.6 Å². The molecular formula is C12H19NO3S. The number of ether oxygens (including phenoxy) is 1. The molecule has 0 bridgehead atoms. The molecule has 0 saturated carbocycles. The molecule has 0 atom stereocenters. The largest absolute Gasteiger partial charge is 0.375 e. The lowest BCUT2D eigenvalue weighted by atomic mass is 10.2. The molecule has 0 unspecified atom stereocenters. The van der Waals surface area contributed by atoms with E-state index in [4.69, 9.17) is 4.74 Å². The predicted molar refractivity (Wildman–Crippen MR) is 68.2 cm³/mol. The summed E-state index contributed by atoms with van der Waals surface area (Å²) >= 11 is 0. The molecule has 0 N–H and O–H groups in total. The SMILES string of the molecule is CCS(=O)(=O)N(C)CCOCc1ccccc1. The van der Waals surface area contributed by atoms with E-state index in [0.29, 0.717) is 19.8 Å². The molecule has 1 rings (SSSR count). The lowest BCUT2D eigenvalue weighted by Gasteiger charge is -2.15. The van der Waals surface area contributed by atoms with Crippen LogP contribution in [0.4, 0.5) is 0 Å². The molecule has 0 amide bonds. The van der Waals surface area contributed by atoms with Crippen molar-refractivity contribution in [2.45, 2.75) is 13.5 Å². The summed E-state index contributed by atoms with van der Waals surface area (Å²) in [6.07, 6.45) is 0. The lowest BCUT2D eigenvalue weighted by molar-refractivity contribution is 0.113. The Morgan fingerprint density at radius 1 is 1.24 bits per heavy atom. The van der Waals surface area contributed by atoms with Crippen LogP contribution >= 0.6 is 0 Å². The van der Waals surface area contributed by atoms with Crippen LogP contribution in [0.3, 0.4) is 0 Å². The number of rotatable bonds is 7. The van der Waals surface area contributed by atoms with Crippen LogP contribution in [0.25, 0.3) is 0 Å². The minimum absolute atomic E-state index is 0.127. The first-order valence-electron chi connectivity index (χ1n) is 5.62. The minimum atomic E-state index is -3.09. The average molecular weight is 257 g/mol. The van der Waals surface area contributed by atoms with Crippen molar-refractivity contribution in [1.82, 2.24) is 4.31 Å². The molecule has 0 fully saturated rings. The highest BCUT2D eigenvalue weighted by molar-refractivity contribution is 7.89. The zero-order valence-electron chi connectivity index (χ0n) is 10.3. The van der Waals surface area contributed by atoms with E-state index in [-0.39, 0.29) is 5.75 Å². The Labute approximate surface area is 103 Å². The van der Waals surface area contributed by atoms with Gasteiger partial charge in [0, 0.05) is 13.6 Å². The predicted octanol–water partition coefficient (Wildman–Crippen LogP) is 1.48. The quantitative estimate of drug-likeness (QED) is 0.695. The number of likely N-dealkylation sites (N-methyl/N-ethyl adjacent to an activating group) is 1. The molecule has 17 heavy (non-hydrogen) atoms. The summed E-state index contributed by atoms with van der Waals surface area (Å²) in [5.41, 5.74) is 1.09. The first kappa shape index (κ1) is 14.2. The fourth-order valence-electron chi connectivity index (χ4n) is 1.32. The van der Waals surface area contributed by atoms with Gasteiger partial charge >= 0.3 is 0 Å². The van der Waals surface area contributed by atoms with E-state index in [1.807, 2.05) is 30.3 Å². The number of sulfonamides is 1. The van der Waals surface area contributed by atoms with Gasteiger partial charge in [-0.05, 0) is 12.5 Å². The van der Waals surface area contributed by atoms with E-state index in [1.165, 1.54) is 4.31 Å². The number of nitrogens with zero attached hydrogens (tertiary/aromatic N) is 1. The number of benzene rings is 1. The van der Waals surface area contributed by atoms with Gasteiger partial charge in [0.25, 0.3) is 0 Å². The lowest BCUT2D eigenvalue weighted by Crippen LogP contribution is -2.31. The van der Waals surface area contributed by atoms with Gasteiger partial charge in [0.15, 0.2) is 0 Å². The molecule has 0 aliphatic rings. The summed E-state index contributed by atoms with van der Waals surface area (Å²) in [5, 5.41) is 0. The van der Waals surface area contributed by atoms with Crippen molar-refractivity contribution in [3.63, 3.8) is 0 Å². The van der Waals surface area contributed by atoms with Gasteiger partial charge in [-0.2, -0.15) is 0 Å². The fourth-order valence-corrected chi connectivity index (χ4v) is 2.11. The van der Waals surface area contributed by atoms with Crippen molar-refractivity contribution in [3.8, 4) is 0 Å². The molecule has 96 valence electrons. The third kappa shape index (κ3) is 4.85. The van der Waals surface area contributed by atoms with Crippen molar-refractivity contribution in [2.75, 3.05) is 26.0 Å². The van der Waals surface area contributed by atoms with Crippen molar-refractivity contribution >= 4 is 10.0 Å². The summed E-state index contributed by atoms with van der Waals surface area (Å²) in [4.78, 5) is 0. The molecular weight excluding hydrogens is 238 g/mol. The molecule has 0 aliphatic heterocycles.